The molecule has 164 valence electrons. The minimum atomic E-state index is -0.112. The topological polar surface area (TPSA) is 85.3 Å². The summed E-state index contributed by atoms with van der Waals surface area (Å²) in [5.74, 6) is 0.652. The summed E-state index contributed by atoms with van der Waals surface area (Å²) in [5.41, 5.74) is 4.97. The van der Waals surface area contributed by atoms with Crippen LogP contribution in [0.15, 0.2) is 30.3 Å². The number of aromatic amines is 1. The molecule has 1 aromatic carbocycles. The molecule has 8 nitrogen and oxygen atoms in total. The lowest BCUT2D eigenvalue weighted by atomic mass is 10.1. The first-order valence-corrected chi connectivity index (χ1v) is 10.6. The molecule has 1 unspecified atom stereocenters. The number of H-pyrrole nitrogens is 1. The third-order valence-corrected chi connectivity index (χ3v) is 5.86. The van der Waals surface area contributed by atoms with Crippen molar-refractivity contribution in [3.63, 3.8) is 0 Å². The molecule has 0 spiro atoms. The van der Waals surface area contributed by atoms with Crippen LogP contribution in [0, 0.1) is 13.8 Å². The van der Waals surface area contributed by atoms with E-state index in [1.54, 1.807) is 7.11 Å². The van der Waals surface area contributed by atoms with E-state index in [0.29, 0.717) is 18.8 Å². The van der Waals surface area contributed by atoms with Gasteiger partial charge < -0.3 is 14.4 Å². The first-order valence-electron chi connectivity index (χ1n) is 10.6. The Hall–Kier alpha value is -3.13. The highest BCUT2D eigenvalue weighted by molar-refractivity contribution is 5.93. The second-order valence-electron chi connectivity index (χ2n) is 7.97. The number of hydrogen-bond acceptors (Lipinski definition) is 5. The van der Waals surface area contributed by atoms with Gasteiger partial charge in [0.25, 0.3) is 5.91 Å². The number of ether oxygens (including phenoxy) is 2. The van der Waals surface area contributed by atoms with Crippen LogP contribution in [0.5, 0.6) is 5.75 Å². The number of methoxy groups -OCH3 is 1. The zero-order chi connectivity index (χ0) is 22.0. The van der Waals surface area contributed by atoms with Crippen molar-refractivity contribution in [2.75, 3.05) is 20.3 Å². The monoisotopic (exact) mass is 423 g/mol. The van der Waals surface area contributed by atoms with E-state index in [4.69, 9.17) is 9.47 Å². The van der Waals surface area contributed by atoms with E-state index in [9.17, 15) is 4.79 Å². The highest BCUT2D eigenvalue weighted by Crippen LogP contribution is 2.27. The number of nitrogens with one attached hydrogen (secondary N) is 1. The predicted octanol–water partition coefficient (Wildman–Crippen LogP) is 3.26. The zero-order valence-corrected chi connectivity index (χ0v) is 18.5. The van der Waals surface area contributed by atoms with Gasteiger partial charge in [0.15, 0.2) is 0 Å². The fraction of sp³-hybridized carbons (Fsp3) is 0.435. The normalized spacial score (nSPS) is 15.9. The molecule has 3 aromatic rings. The summed E-state index contributed by atoms with van der Waals surface area (Å²) in [6, 6.07) is 9.58. The van der Waals surface area contributed by atoms with Gasteiger partial charge in [-0.15, -0.1) is 0 Å². The lowest BCUT2D eigenvalue weighted by molar-refractivity contribution is 0.0501. The van der Waals surface area contributed by atoms with Crippen molar-refractivity contribution in [3.8, 4) is 17.0 Å². The number of aryl methyl sites for hydroxylation is 2. The van der Waals surface area contributed by atoms with Crippen LogP contribution in [0.1, 0.15) is 40.3 Å². The van der Waals surface area contributed by atoms with Gasteiger partial charge in [-0.05, 0) is 38.8 Å². The van der Waals surface area contributed by atoms with Crippen LogP contribution in [-0.2, 0) is 18.3 Å². The Labute approximate surface area is 182 Å². The van der Waals surface area contributed by atoms with Crippen LogP contribution in [-0.4, -0.2) is 57.2 Å². The quantitative estimate of drug-likeness (QED) is 0.631. The van der Waals surface area contributed by atoms with Crippen molar-refractivity contribution in [2.45, 2.75) is 39.3 Å². The van der Waals surface area contributed by atoms with Gasteiger partial charge in [0.05, 0.1) is 24.6 Å². The van der Waals surface area contributed by atoms with E-state index in [1.165, 1.54) is 0 Å². The Morgan fingerprint density at radius 2 is 2.16 bits per heavy atom. The van der Waals surface area contributed by atoms with E-state index in [1.807, 2.05) is 60.8 Å². The summed E-state index contributed by atoms with van der Waals surface area (Å²) in [5, 5.41) is 11.8. The molecule has 0 saturated carbocycles. The van der Waals surface area contributed by atoms with Crippen LogP contribution >= 0.6 is 0 Å². The maximum absolute atomic E-state index is 13.5. The molecule has 0 aliphatic carbocycles. The number of hydrogen-bond donors (Lipinski definition) is 1. The first-order chi connectivity index (χ1) is 15.0. The number of nitrogens with zero attached hydrogens (tertiary/aromatic N) is 4. The maximum atomic E-state index is 13.5. The Bertz CT molecular complexity index is 1070. The molecule has 8 heteroatoms. The second kappa shape index (κ2) is 8.93. The third kappa shape index (κ3) is 4.34. The smallest absolute Gasteiger partial charge is 0.272 e. The minimum Gasteiger partial charge on any atom is -0.496 e. The van der Waals surface area contributed by atoms with Crippen molar-refractivity contribution >= 4 is 5.91 Å². The lowest BCUT2D eigenvalue weighted by Crippen LogP contribution is -2.37. The van der Waals surface area contributed by atoms with Crippen LogP contribution in [0.4, 0.5) is 0 Å². The summed E-state index contributed by atoms with van der Waals surface area (Å²) in [6.07, 6.45) is 2.02. The highest BCUT2D eigenvalue weighted by atomic mass is 16.5. The number of rotatable bonds is 7. The number of aromatic nitrogens is 4. The van der Waals surface area contributed by atoms with E-state index >= 15 is 0 Å². The van der Waals surface area contributed by atoms with Crippen molar-refractivity contribution < 1.29 is 14.3 Å². The molecule has 0 radical (unpaired) electrons. The molecular formula is C23H29N5O3. The van der Waals surface area contributed by atoms with E-state index in [0.717, 1.165) is 53.4 Å². The number of para-hydroxylation sites is 1. The molecule has 1 amide bonds. The third-order valence-electron chi connectivity index (χ3n) is 5.86. The van der Waals surface area contributed by atoms with E-state index in [-0.39, 0.29) is 12.0 Å². The Balaban J connectivity index is 1.62. The van der Waals surface area contributed by atoms with Crippen LogP contribution in [0.25, 0.3) is 11.3 Å². The fourth-order valence-electron chi connectivity index (χ4n) is 4.17. The molecule has 2 aromatic heterocycles. The van der Waals surface area contributed by atoms with Gasteiger partial charge in [-0.1, -0.05) is 18.2 Å². The van der Waals surface area contributed by atoms with E-state index < -0.39 is 0 Å². The molecule has 1 fully saturated rings. The van der Waals surface area contributed by atoms with Crippen LogP contribution in [0.3, 0.4) is 0 Å². The molecule has 31 heavy (non-hydrogen) atoms. The summed E-state index contributed by atoms with van der Waals surface area (Å²) in [6.45, 7) is 5.65. The SMILES string of the molecule is COc1ccccc1CN(CC1CCCO1)C(=O)c1cc(-c2c(C)nn(C)c2C)n[nH]1. The van der Waals surface area contributed by atoms with Gasteiger partial charge >= 0.3 is 0 Å². The van der Waals surface area contributed by atoms with Crippen molar-refractivity contribution in [2.24, 2.45) is 7.05 Å². The number of carbonyl (C=O) groups excluding carboxylic acids is 1. The van der Waals surface area contributed by atoms with Crippen LogP contribution < -0.4 is 4.74 Å². The molecule has 1 N–H and O–H groups in total. The standard InChI is InChI=1S/C23H29N5O3/c1-15-22(16(2)27(3)26-15)19-12-20(25-24-19)23(29)28(14-18-9-7-11-31-18)13-17-8-5-6-10-21(17)30-4/h5-6,8,10,12,18H,7,9,11,13-14H2,1-4H3,(H,24,25). The van der Waals surface area contributed by atoms with Gasteiger partial charge in [-0.25, -0.2) is 0 Å². The summed E-state index contributed by atoms with van der Waals surface area (Å²) >= 11 is 0. The molecule has 1 atom stereocenters. The molecular weight excluding hydrogens is 394 g/mol. The van der Waals surface area contributed by atoms with Crippen LogP contribution in [0.2, 0.25) is 0 Å². The van der Waals surface area contributed by atoms with Gasteiger partial charge in [0.2, 0.25) is 0 Å². The largest absolute Gasteiger partial charge is 0.496 e. The Morgan fingerprint density at radius 1 is 1.35 bits per heavy atom. The molecule has 1 saturated heterocycles. The van der Waals surface area contributed by atoms with Crippen molar-refractivity contribution in [1.29, 1.82) is 0 Å². The predicted molar refractivity (Wildman–Crippen MR) is 117 cm³/mol. The van der Waals surface area contributed by atoms with Gasteiger partial charge in [-0.2, -0.15) is 10.2 Å². The van der Waals surface area contributed by atoms with Gasteiger partial charge in [0, 0.05) is 43.6 Å². The molecule has 1 aliphatic heterocycles. The number of benzene rings is 1. The van der Waals surface area contributed by atoms with Crippen molar-refractivity contribution in [1.82, 2.24) is 24.9 Å². The number of amides is 1. The highest BCUT2D eigenvalue weighted by Gasteiger charge is 2.26. The van der Waals surface area contributed by atoms with E-state index in [2.05, 4.69) is 15.3 Å². The Morgan fingerprint density at radius 3 is 2.84 bits per heavy atom. The Kier molecular flexibility index (Phi) is 6.08. The molecule has 3 heterocycles. The minimum absolute atomic E-state index is 0.0452. The average Bonchev–Trinajstić information content (AvgIpc) is 3.50. The number of carbonyl (C=O) groups is 1. The summed E-state index contributed by atoms with van der Waals surface area (Å²) < 4.78 is 13.1. The molecule has 4 rings (SSSR count). The zero-order valence-electron chi connectivity index (χ0n) is 18.5. The lowest BCUT2D eigenvalue weighted by Gasteiger charge is -2.25. The van der Waals surface area contributed by atoms with Gasteiger partial charge in [0.1, 0.15) is 11.4 Å². The second-order valence-corrected chi connectivity index (χ2v) is 7.97. The average molecular weight is 424 g/mol. The fourth-order valence-corrected chi connectivity index (χ4v) is 4.17. The van der Waals surface area contributed by atoms with Gasteiger partial charge in [-0.3, -0.25) is 14.6 Å². The maximum Gasteiger partial charge on any atom is 0.272 e. The first kappa shape index (κ1) is 21.1. The molecule has 0 bridgehead atoms. The molecule has 1 aliphatic rings. The summed E-state index contributed by atoms with van der Waals surface area (Å²) in [4.78, 5) is 15.3. The van der Waals surface area contributed by atoms with Crippen molar-refractivity contribution in [3.05, 3.63) is 53.0 Å². The summed E-state index contributed by atoms with van der Waals surface area (Å²) in [7, 11) is 3.55.